The van der Waals surface area contributed by atoms with Crippen LogP contribution >= 0.6 is 12.6 Å². The van der Waals surface area contributed by atoms with Crippen molar-refractivity contribution >= 4 is 22.7 Å². The number of nitrogens with one attached hydrogen (secondary N) is 1. The highest BCUT2D eigenvalue weighted by Gasteiger charge is 2.13. The number of hydrogen-bond acceptors (Lipinski definition) is 3. The summed E-state index contributed by atoms with van der Waals surface area (Å²) in [7, 11) is -3.11. The maximum Gasteiger partial charge on any atom is 0.212 e. The smallest absolute Gasteiger partial charge is 0.212 e. The fourth-order valence-electron chi connectivity index (χ4n) is 0.725. The lowest BCUT2D eigenvalue weighted by Crippen LogP contribution is -2.34. The van der Waals surface area contributed by atoms with Crippen molar-refractivity contribution in [3.05, 3.63) is 0 Å². The van der Waals surface area contributed by atoms with E-state index in [-0.39, 0.29) is 17.0 Å². The first-order chi connectivity index (χ1) is 4.83. The highest BCUT2D eigenvalue weighted by molar-refractivity contribution is 7.91. The predicted octanol–water partition coefficient (Wildman–Crippen LogP) is 0.632. The van der Waals surface area contributed by atoms with E-state index in [1.54, 1.807) is 20.8 Å². The number of thiol groups is 1. The summed E-state index contributed by atoms with van der Waals surface area (Å²) in [6.45, 7) is 5.34. The largest absolute Gasteiger partial charge is 0.213 e. The number of hydrogen-bond donors (Lipinski definition) is 2. The Balaban J connectivity index is 4.03. The Hall–Kier alpha value is 0.260. The zero-order valence-corrected chi connectivity index (χ0v) is 8.74. The topological polar surface area (TPSA) is 46.2 Å². The van der Waals surface area contributed by atoms with E-state index in [0.29, 0.717) is 0 Å². The van der Waals surface area contributed by atoms with Crippen LogP contribution in [0.3, 0.4) is 0 Å². The molecule has 68 valence electrons. The Morgan fingerprint density at radius 1 is 1.36 bits per heavy atom. The molecule has 0 rings (SSSR count). The summed E-state index contributed by atoms with van der Waals surface area (Å²) in [5, 5.41) is -0.119. The van der Waals surface area contributed by atoms with Gasteiger partial charge in [-0.3, -0.25) is 0 Å². The highest BCUT2D eigenvalue weighted by atomic mass is 32.2. The summed E-state index contributed by atoms with van der Waals surface area (Å²) in [6.07, 6.45) is 0. The van der Waals surface area contributed by atoms with Gasteiger partial charge in [0.05, 0.1) is 5.75 Å². The molecule has 11 heavy (non-hydrogen) atoms. The molecular formula is C6H15NO2S2. The first-order valence-electron chi connectivity index (χ1n) is 3.51. The molecule has 0 bridgehead atoms. The van der Waals surface area contributed by atoms with E-state index in [9.17, 15) is 8.42 Å². The van der Waals surface area contributed by atoms with Gasteiger partial charge < -0.3 is 0 Å². The lowest BCUT2D eigenvalue weighted by molar-refractivity contribution is 0.569. The van der Waals surface area contributed by atoms with Gasteiger partial charge in [-0.05, 0) is 13.8 Å². The molecular weight excluding hydrogens is 182 g/mol. The molecule has 0 aromatic carbocycles. The number of rotatable bonds is 4. The first-order valence-corrected chi connectivity index (χ1v) is 5.68. The van der Waals surface area contributed by atoms with E-state index < -0.39 is 10.0 Å². The fourth-order valence-corrected chi connectivity index (χ4v) is 2.76. The lowest BCUT2D eigenvalue weighted by atomic mass is 10.4. The van der Waals surface area contributed by atoms with Crippen molar-refractivity contribution in [2.45, 2.75) is 32.1 Å². The third kappa shape index (κ3) is 6.65. The molecule has 0 aliphatic heterocycles. The van der Waals surface area contributed by atoms with Crippen LogP contribution in [0.2, 0.25) is 0 Å². The van der Waals surface area contributed by atoms with Crippen LogP contribution in [0.15, 0.2) is 0 Å². The van der Waals surface area contributed by atoms with Crippen LogP contribution in [0.25, 0.3) is 0 Å². The average Bonchev–Trinajstić information content (AvgIpc) is 1.53. The van der Waals surface area contributed by atoms with Gasteiger partial charge >= 0.3 is 0 Å². The molecule has 0 saturated heterocycles. The van der Waals surface area contributed by atoms with E-state index >= 15 is 0 Å². The molecule has 3 nitrogen and oxygen atoms in total. The second-order valence-corrected chi connectivity index (χ2v) is 5.58. The first kappa shape index (κ1) is 11.3. The van der Waals surface area contributed by atoms with Crippen LogP contribution in [-0.4, -0.2) is 25.5 Å². The Bertz CT molecular complexity index is 181. The van der Waals surface area contributed by atoms with Gasteiger partial charge in [-0.15, -0.1) is 0 Å². The third-order valence-electron chi connectivity index (χ3n) is 0.876. The minimum atomic E-state index is -3.11. The summed E-state index contributed by atoms with van der Waals surface area (Å²) in [4.78, 5) is 0. The van der Waals surface area contributed by atoms with Gasteiger partial charge in [-0.25, -0.2) is 13.1 Å². The van der Waals surface area contributed by atoms with Crippen LogP contribution < -0.4 is 4.72 Å². The van der Waals surface area contributed by atoms with Gasteiger partial charge in [-0.2, -0.15) is 12.6 Å². The van der Waals surface area contributed by atoms with E-state index in [1.807, 2.05) is 0 Å². The van der Waals surface area contributed by atoms with Crippen molar-refractivity contribution in [1.82, 2.24) is 4.72 Å². The van der Waals surface area contributed by atoms with Crippen molar-refractivity contribution < 1.29 is 8.42 Å². The van der Waals surface area contributed by atoms with Crippen LogP contribution in [-0.2, 0) is 10.0 Å². The van der Waals surface area contributed by atoms with E-state index in [4.69, 9.17) is 0 Å². The second-order valence-electron chi connectivity index (χ2n) is 2.90. The van der Waals surface area contributed by atoms with Crippen molar-refractivity contribution in [3.8, 4) is 0 Å². The summed E-state index contributed by atoms with van der Waals surface area (Å²) < 4.78 is 24.7. The van der Waals surface area contributed by atoms with Gasteiger partial charge in [0.2, 0.25) is 10.0 Å². The minimum Gasteiger partial charge on any atom is -0.213 e. The fraction of sp³-hybridized carbons (Fsp3) is 1.00. The maximum absolute atomic E-state index is 11.1. The van der Waals surface area contributed by atoms with Gasteiger partial charge in [-0.1, -0.05) is 6.92 Å². The molecule has 1 atom stereocenters. The lowest BCUT2D eigenvalue weighted by Gasteiger charge is -2.10. The minimum absolute atomic E-state index is 0.0351. The second kappa shape index (κ2) is 4.33. The van der Waals surface area contributed by atoms with Gasteiger partial charge in [0.25, 0.3) is 0 Å². The Kier molecular flexibility index (Phi) is 4.43. The van der Waals surface area contributed by atoms with Crippen LogP contribution in [0, 0.1) is 0 Å². The van der Waals surface area contributed by atoms with E-state index in [0.717, 1.165) is 0 Å². The normalized spacial score (nSPS) is 15.4. The summed E-state index contributed by atoms with van der Waals surface area (Å²) in [5.41, 5.74) is 0. The van der Waals surface area contributed by atoms with Crippen LogP contribution in [0.1, 0.15) is 20.8 Å². The standard InChI is InChI=1S/C6H15NO2S2/c1-5(2)7-11(8,9)4-6(3)10/h5-7,10H,4H2,1-3H3. The molecule has 0 radical (unpaired) electrons. The van der Waals surface area contributed by atoms with Crippen molar-refractivity contribution in [1.29, 1.82) is 0 Å². The zero-order chi connectivity index (χ0) is 9.07. The van der Waals surface area contributed by atoms with Crippen LogP contribution in [0.5, 0.6) is 0 Å². The van der Waals surface area contributed by atoms with Gasteiger partial charge in [0.1, 0.15) is 0 Å². The quantitative estimate of drug-likeness (QED) is 0.649. The highest BCUT2D eigenvalue weighted by Crippen LogP contribution is 1.98. The molecule has 0 aromatic heterocycles. The van der Waals surface area contributed by atoms with Gasteiger partial charge in [0, 0.05) is 11.3 Å². The molecule has 0 spiro atoms. The van der Waals surface area contributed by atoms with Crippen molar-refractivity contribution in [3.63, 3.8) is 0 Å². The summed E-state index contributed by atoms with van der Waals surface area (Å²) in [5.74, 6) is 0.0777. The molecule has 1 unspecified atom stereocenters. The maximum atomic E-state index is 11.1. The molecule has 0 amide bonds. The molecule has 1 N–H and O–H groups in total. The SMILES string of the molecule is CC(S)CS(=O)(=O)NC(C)C. The Labute approximate surface area is 74.0 Å². The molecule has 0 saturated carbocycles. The van der Waals surface area contributed by atoms with Crippen molar-refractivity contribution in [2.24, 2.45) is 0 Å². The summed E-state index contributed by atoms with van der Waals surface area (Å²) >= 11 is 3.99. The Morgan fingerprint density at radius 3 is 2.09 bits per heavy atom. The van der Waals surface area contributed by atoms with Crippen molar-refractivity contribution in [2.75, 3.05) is 5.75 Å². The molecule has 0 aromatic rings. The summed E-state index contributed by atoms with van der Waals surface area (Å²) in [6, 6.07) is -0.0351. The molecule has 0 aliphatic carbocycles. The monoisotopic (exact) mass is 197 g/mol. The van der Waals surface area contributed by atoms with Crippen LogP contribution in [0.4, 0.5) is 0 Å². The molecule has 0 aliphatic rings. The average molecular weight is 197 g/mol. The zero-order valence-electron chi connectivity index (χ0n) is 7.03. The molecule has 0 heterocycles. The predicted molar refractivity (Wildman–Crippen MR) is 50.5 cm³/mol. The third-order valence-corrected chi connectivity index (χ3v) is 3.07. The van der Waals surface area contributed by atoms with E-state index in [2.05, 4.69) is 17.4 Å². The van der Waals surface area contributed by atoms with Gasteiger partial charge in [0.15, 0.2) is 0 Å². The van der Waals surface area contributed by atoms with E-state index in [1.165, 1.54) is 0 Å². The molecule has 5 heteroatoms. The molecule has 0 fully saturated rings. The Morgan fingerprint density at radius 2 is 1.82 bits per heavy atom. The number of sulfonamides is 1.